The molecule has 1 aromatic carbocycles. The maximum absolute atomic E-state index is 10.8. The second-order valence-electron chi connectivity index (χ2n) is 2.41. The van der Waals surface area contributed by atoms with Crippen molar-refractivity contribution in [1.82, 2.24) is 0 Å². The first-order chi connectivity index (χ1) is 5.91. The summed E-state index contributed by atoms with van der Waals surface area (Å²) in [4.78, 5) is -0.611. The molecule has 0 bridgehead atoms. The Balaban J connectivity index is 3.08. The maximum Gasteiger partial charge on any atom is 0.238 e. The molecule has 1 rings (SSSR count). The van der Waals surface area contributed by atoms with Gasteiger partial charge in [-0.05, 0) is 17.7 Å². The lowest BCUT2D eigenvalue weighted by Gasteiger charge is -2.02. The maximum atomic E-state index is 10.8. The Bertz CT molecular complexity index is 385. The Morgan fingerprint density at radius 1 is 1.15 bits per heavy atom. The summed E-state index contributed by atoms with van der Waals surface area (Å²) in [7, 11) is -3.63. The first-order valence-corrected chi connectivity index (χ1v) is 5.74. The summed E-state index contributed by atoms with van der Waals surface area (Å²) < 4.78 is 21.7. The highest BCUT2D eigenvalue weighted by molar-refractivity contribution is 7.89. The number of hydrogen-bond acceptors (Lipinski definition) is 2. The molecular formula is C7H7Cl2NO2S. The summed E-state index contributed by atoms with van der Waals surface area (Å²) in [6.07, 6.45) is 0. The van der Waals surface area contributed by atoms with Crippen LogP contribution in [-0.2, 0) is 10.0 Å². The quantitative estimate of drug-likeness (QED) is 0.801. The Hall–Kier alpha value is -0.290. The topological polar surface area (TPSA) is 60.2 Å². The zero-order chi connectivity index (χ0) is 10.1. The van der Waals surface area contributed by atoms with Crippen molar-refractivity contribution in [3.05, 3.63) is 29.8 Å². The van der Waals surface area contributed by atoms with Crippen molar-refractivity contribution in [1.29, 1.82) is 0 Å². The van der Waals surface area contributed by atoms with Crippen LogP contribution in [0.2, 0.25) is 0 Å². The van der Waals surface area contributed by atoms with E-state index in [2.05, 4.69) is 0 Å². The normalized spacial score (nSPS) is 12.0. The van der Waals surface area contributed by atoms with Crippen LogP contribution >= 0.6 is 23.2 Å². The van der Waals surface area contributed by atoms with Crippen molar-refractivity contribution >= 4 is 33.2 Å². The molecule has 0 saturated carbocycles. The largest absolute Gasteiger partial charge is 0.238 e. The number of primary sulfonamides is 1. The number of sulfonamides is 1. The zero-order valence-corrected chi connectivity index (χ0v) is 8.77. The van der Waals surface area contributed by atoms with E-state index in [0.717, 1.165) is 0 Å². The van der Waals surface area contributed by atoms with E-state index in [1.807, 2.05) is 0 Å². The Morgan fingerprint density at radius 3 is 1.92 bits per heavy atom. The average molecular weight is 240 g/mol. The number of rotatable bonds is 2. The van der Waals surface area contributed by atoms with Gasteiger partial charge in [0.2, 0.25) is 10.0 Å². The van der Waals surface area contributed by atoms with E-state index < -0.39 is 14.9 Å². The Morgan fingerprint density at radius 2 is 1.62 bits per heavy atom. The van der Waals surface area contributed by atoms with E-state index in [9.17, 15) is 8.42 Å². The minimum Gasteiger partial charge on any atom is -0.225 e. The highest BCUT2D eigenvalue weighted by Gasteiger charge is 2.08. The number of hydrogen-bond donors (Lipinski definition) is 1. The molecule has 13 heavy (non-hydrogen) atoms. The van der Waals surface area contributed by atoms with Crippen molar-refractivity contribution < 1.29 is 8.42 Å². The SMILES string of the molecule is NS(=O)(=O)c1ccc(C(Cl)Cl)cc1. The Labute approximate surface area is 86.5 Å². The minimum absolute atomic E-state index is 0.0465. The van der Waals surface area contributed by atoms with Crippen molar-refractivity contribution in [2.75, 3.05) is 0 Å². The molecule has 72 valence electrons. The predicted octanol–water partition coefficient (Wildman–Crippen LogP) is 1.81. The molecule has 1 aromatic rings. The number of benzene rings is 1. The molecule has 0 heterocycles. The van der Waals surface area contributed by atoms with Crippen molar-refractivity contribution in [2.45, 2.75) is 9.73 Å². The van der Waals surface area contributed by atoms with Crippen LogP contribution in [0.4, 0.5) is 0 Å². The molecule has 0 fully saturated rings. The molecule has 0 saturated heterocycles. The van der Waals surface area contributed by atoms with Gasteiger partial charge >= 0.3 is 0 Å². The van der Waals surface area contributed by atoms with Crippen LogP contribution in [0, 0.1) is 0 Å². The number of nitrogens with two attached hydrogens (primary N) is 1. The predicted molar refractivity (Wildman–Crippen MR) is 52.3 cm³/mol. The summed E-state index contributed by atoms with van der Waals surface area (Å²) in [6, 6.07) is 5.76. The van der Waals surface area contributed by atoms with Gasteiger partial charge in [0.25, 0.3) is 0 Å². The van der Waals surface area contributed by atoms with Gasteiger partial charge in [-0.15, -0.1) is 23.2 Å². The van der Waals surface area contributed by atoms with Crippen molar-refractivity contribution in [3.63, 3.8) is 0 Å². The van der Waals surface area contributed by atoms with Crippen LogP contribution in [0.3, 0.4) is 0 Å². The van der Waals surface area contributed by atoms with Crippen LogP contribution in [0.15, 0.2) is 29.2 Å². The third kappa shape index (κ3) is 2.84. The molecular weight excluding hydrogens is 233 g/mol. The molecule has 0 amide bonds. The van der Waals surface area contributed by atoms with Crippen LogP contribution in [0.1, 0.15) is 10.4 Å². The summed E-state index contributed by atoms with van der Waals surface area (Å²) in [5.74, 6) is 0. The highest BCUT2D eigenvalue weighted by Crippen LogP contribution is 2.24. The second-order valence-corrected chi connectivity index (χ2v) is 5.07. The molecule has 0 radical (unpaired) electrons. The second kappa shape index (κ2) is 3.84. The molecule has 0 atom stereocenters. The van der Waals surface area contributed by atoms with Crippen LogP contribution in [0.5, 0.6) is 0 Å². The molecule has 0 spiro atoms. The van der Waals surface area contributed by atoms with E-state index in [-0.39, 0.29) is 4.90 Å². The van der Waals surface area contributed by atoms with E-state index >= 15 is 0 Å². The van der Waals surface area contributed by atoms with Gasteiger partial charge in [-0.1, -0.05) is 12.1 Å². The zero-order valence-electron chi connectivity index (χ0n) is 6.44. The van der Waals surface area contributed by atoms with Gasteiger partial charge in [-0.2, -0.15) is 0 Å². The number of halogens is 2. The average Bonchev–Trinajstić information content (AvgIpc) is 2.03. The van der Waals surface area contributed by atoms with E-state index in [1.165, 1.54) is 24.3 Å². The van der Waals surface area contributed by atoms with Crippen LogP contribution < -0.4 is 5.14 Å². The molecule has 6 heteroatoms. The van der Waals surface area contributed by atoms with Crippen LogP contribution in [0.25, 0.3) is 0 Å². The van der Waals surface area contributed by atoms with E-state index in [4.69, 9.17) is 28.3 Å². The first-order valence-electron chi connectivity index (χ1n) is 3.32. The molecule has 2 N–H and O–H groups in total. The fourth-order valence-corrected chi connectivity index (χ4v) is 1.61. The first kappa shape index (κ1) is 10.8. The number of alkyl halides is 2. The molecule has 0 aliphatic rings. The fourth-order valence-electron chi connectivity index (χ4n) is 0.803. The van der Waals surface area contributed by atoms with Gasteiger partial charge < -0.3 is 0 Å². The summed E-state index contributed by atoms with van der Waals surface area (Å²) >= 11 is 11.1. The van der Waals surface area contributed by atoms with Gasteiger partial charge in [-0.25, -0.2) is 13.6 Å². The fraction of sp³-hybridized carbons (Fsp3) is 0.143. The third-order valence-electron chi connectivity index (χ3n) is 1.46. The lowest BCUT2D eigenvalue weighted by Crippen LogP contribution is -2.11. The van der Waals surface area contributed by atoms with Crippen molar-refractivity contribution in [2.24, 2.45) is 5.14 Å². The van der Waals surface area contributed by atoms with E-state index in [1.54, 1.807) is 0 Å². The van der Waals surface area contributed by atoms with Gasteiger partial charge in [-0.3, -0.25) is 0 Å². The summed E-state index contributed by atoms with van der Waals surface area (Å²) in [5.41, 5.74) is 0.635. The van der Waals surface area contributed by atoms with Crippen LogP contribution in [-0.4, -0.2) is 8.42 Å². The molecule has 0 unspecified atom stereocenters. The highest BCUT2D eigenvalue weighted by atomic mass is 35.5. The lowest BCUT2D eigenvalue weighted by atomic mass is 10.2. The monoisotopic (exact) mass is 239 g/mol. The smallest absolute Gasteiger partial charge is 0.225 e. The lowest BCUT2D eigenvalue weighted by molar-refractivity contribution is 0.598. The minimum atomic E-state index is -3.63. The Kier molecular flexibility index (Phi) is 3.18. The van der Waals surface area contributed by atoms with Crippen molar-refractivity contribution in [3.8, 4) is 0 Å². The summed E-state index contributed by atoms with van der Waals surface area (Å²) in [5, 5.41) is 4.89. The molecule has 3 nitrogen and oxygen atoms in total. The molecule has 0 aromatic heterocycles. The molecule has 0 aliphatic heterocycles. The van der Waals surface area contributed by atoms with Gasteiger partial charge in [0.1, 0.15) is 4.84 Å². The van der Waals surface area contributed by atoms with E-state index in [0.29, 0.717) is 5.56 Å². The molecule has 0 aliphatic carbocycles. The van der Waals surface area contributed by atoms with Gasteiger partial charge in [0, 0.05) is 0 Å². The standard InChI is InChI=1S/C7H7Cl2NO2S/c8-7(9)5-1-3-6(4-2-5)13(10,11)12/h1-4,7H,(H2,10,11,12). The van der Waals surface area contributed by atoms with Gasteiger partial charge in [0.15, 0.2) is 0 Å². The summed E-state index contributed by atoms with van der Waals surface area (Å²) in [6.45, 7) is 0. The third-order valence-corrected chi connectivity index (χ3v) is 2.89. The van der Waals surface area contributed by atoms with Gasteiger partial charge in [0.05, 0.1) is 4.90 Å².